The van der Waals surface area contributed by atoms with Crippen molar-refractivity contribution < 1.29 is 9.90 Å². The van der Waals surface area contributed by atoms with Gasteiger partial charge < -0.3 is 9.67 Å². The van der Waals surface area contributed by atoms with Gasteiger partial charge in [-0.15, -0.1) is 0 Å². The van der Waals surface area contributed by atoms with E-state index in [1.54, 1.807) is 6.92 Å². The van der Waals surface area contributed by atoms with Crippen molar-refractivity contribution in [3.63, 3.8) is 0 Å². The number of fused-ring (bicyclic) bond motifs is 1. The fourth-order valence-electron chi connectivity index (χ4n) is 2.78. The van der Waals surface area contributed by atoms with Gasteiger partial charge in [-0.3, -0.25) is 4.79 Å². The molecule has 1 aromatic carbocycles. The van der Waals surface area contributed by atoms with Gasteiger partial charge in [-0.05, 0) is 31.0 Å². The molecule has 0 saturated heterocycles. The molecule has 19 heavy (non-hydrogen) atoms. The molecule has 1 aromatic heterocycles. The van der Waals surface area contributed by atoms with E-state index in [1.165, 1.54) is 0 Å². The Labute approximate surface area is 112 Å². The van der Waals surface area contributed by atoms with Crippen LogP contribution in [0, 0.1) is 5.92 Å². The van der Waals surface area contributed by atoms with E-state index >= 15 is 0 Å². The topological polar surface area (TPSA) is 42.2 Å². The van der Waals surface area contributed by atoms with E-state index in [9.17, 15) is 9.90 Å². The molecule has 0 aliphatic carbocycles. The molecule has 1 N–H and O–H groups in total. The predicted octanol–water partition coefficient (Wildman–Crippen LogP) is 2.33. The van der Waals surface area contributed by atoms with E-state index in [0.717, 1.165) is 23.4 Å². The van der Waals surface area contributed by atoms with Crippen molar-refractivity contribution in [1.29, 1.82) is 0 Å². The van der Waals surface area contributed by atoms with Crippen LogP contribution in [-0.4, -0.2) is 15.5 Å². The van der Waals surface area contributed by atoms with Crippen molar-refractivity contribution in [3.05, 3.63) is 59.4 Å². The van der Waals surface area contributed by atoms with Gasteiger partial charge in [0.15, 0.2) is 0 Å². The summed E-state index contributed by atoms with van der Waals surface area (Å²) in [4.78, 5) is 11.5. The third kappa shape index (κ3) is 2.10. The smallest absolute Gasteiger partial charge is 0.135 e. The molecule has 2 heterocycles. The molecule has 0 radical (unpaired) electrons. The Bertz CT molecular complexity index is 600. The van der Waals surface area contributed by atoms with E-state index in [-0.39, 0.29) is 11.7 Å². The number of carbonyl (C=O) groups is 1. The number of hydrogen-bond acceptors (Lipinski definition) is 2. The van der Waals surface area contributed by atoms with Crippen LogP contribution in [0.3, 0.4) is 0 Å². The first-order chi connectivity index (χ1) is 9.16. The van der Waals surface area contributed by atoms with E-state index < -0.39 is 6.10 Å². The second-order valence-corrected chi connectivity index (χ2v) is 5.19. The van der Waals surface area contributed by atoms with Gasteiger partial charge in [-0.1, -0.05) is 30.3 Å². The Balaban J connectivity index is 1.91. The first kappa shape index (κ1) is 12.2. The highest BCUT2D eigenvalue weighted by atomic mass is 16.3. The zero-order chi connectivity index (χ0) is 13.4. The molecule has 0 spiro atoms. The first-order valence-corrected chi connectivity index (χ1v) is 6.58. The summed E-state index contributed by atoms with van der Waals surface area (Å²) in [7, 11) is 0. The summed E-state index contributed by atoms with van der Waals surface area (Å²) >= 11 is 0. The summed E-state index contributed by atoms with van der Waals surface area (Å²) < 4.78 is 2.09. The summed E-state index contributed by atoms with van der Waals surface area (Å²) in [5.41, 5.74) is 2.91. The highest BCUT2D eigenvalue weighted by molar-refractivity contribution is 5.79. The lowest BCUT2D eigenvalue weighted by atomic mass is 10.0. The van der Waals surface area contributed by atoms with Gasteiger partial charge in [0.1, 0.15) is 11.9 Å². The minimum absolute atomic E-state index is 0.0675. The van der Waals surface area contributed by atoms with E-state index in [0.29, 0.717) is 6.54 Å². The average Bonchev–Trinajstić information content (AvgIpc) is 2.98. The Morgan fingerprint density at radius 3 is 2.68 bits per heavy atom. The summed E-state index contributed by atoms with van der Waals surface area (Å²) in [5, 5.41) is 10.5. The molecule has 3 heteroatoms. The van der Waals surface area contributed by atoms with E-state index in [2.05, 4.69) is 4.57 Å². The molecule has 0 bridgehead atoms. The third-order valence-corrected chi connectivity index (χ3v) is 3.93. The van der Waals surface area contributed by atoms with Crippen LogP contribution in [0.15, 0.2) is 42.5 Å². The fourth-order valence-corrected chi connectivity index (χ4v) is 2.78. The average molecular weight is 255 g/mol. The molecule has 2 atom stereocenters. The normalized spacial score (nSPS) is 19.2. The molecule has 1 aliphatic rings. The molecule has 98 valence electrons. The van der Waals surface area contributed by atoms with Crippen LogP contribution in [0.1, 0.15) is 30.0 Å². The molecule has 2 aromatic rings. The molecule has 0 fully saturated rings. The maximum absolute atomic E-state index is 11.5. The monoisotopic (exact) mass is 255 g/mol. The summed E-state index contributed by atoms with van der Waals surface area (Å²) in [6.45, 7) is 2.33. The van der Waals surface area contributed by atoms with Gasteiger partial charge in [0.2, 0.25) is 0 Å². The number of ketones is 1. The van der Waals surface area contributed by atoms with Crippen LogP contribution in [0.25, 0.3) is 0 Å². The van der Waals surface area contributed by atoms with Gasteiger partial charge in [0, 0.05) is 18.2 Å². The number of benzene rings is 1. The van der Waals surface area contributed by atoms with Gasteiger partial charge in [0.25, 0.3) is 0 Å². The van der Waals surface area contributed by atoms with Gasteiger partial charge in [-0.25, -0.2) is 0 Å². The zero-order valence-electron chi connectivity index (χ0n) is 10.9. The standard InChI is InChI=1S/C16H17NO2/c1-11(18)13-9-14-7-8-15(17(14)10-13)16(19)12-5-3-2-4-6-12/h2-8,13,16,19H,9-10H2,1H3. The SMILES string of the molecule is CC(=O)C1Cc2ccc(C(O)c3ccccc3)n2C1. The number of aromatic nitrogens is 1. The van der Waals surface area contributed by atoms with Crippen molar-refractivity contribution in [1.82, 2.24) is 4.57 Å². The van der Waals surface area contributed by atoms with Crippen molar-refractivity contribution in [2.75, 3.05) is 0 Å². The van der Waals surface area contributed by atoms with Crippen LogP contribution in [0.2, 0.25) is 0 Å². The molecule has 0 saturated carbocycles. The Hall–Kier alpha value is -1.87. The minimum Gasteiger partial charge on any atom is -0.382 e. The highest BCUT2D eigenvalue weighted by Crippen LogP contribution is 2.30. The quantitative estimate of drug-likeness (QED) is 0.914. The fraction of sp³-hybridized carbons (Fsp3) is 0.312. The Morgan fingerprint density at radius 2 is 2.00 bits per heavy atom. The number of Topliss-reactive ketones (excluding diaryl/α,β-unsaturated/α-hetero) is 1. The number of nitrogens with zero attached hydrogens (tertiary/aromatic N) is 1. The van der Waals surface area contributed by atoms with Crippen molar-refractivity contribution in [3.8, 4) is 0 Å². The van der Waals surface area contributed by atoms with Crippen molar-refractivity contribution in [2.24, 2.45) is 5.92 Å². The third-order valence-electron chi connectivity index (χ3n) is 3.93. The van der Waals surface area contributed by atoms with Crippen LogP contribution in [-0.2, 0) is 17.8 Å². The molecular weight excluding hydrogens is 238 g/mol. The first-order valence-electron chi connectivity index (χ1n) is 6.58. The Morgan fingerprint density at radius 1 is 1.26 bits per heavy atom. The molecule has 1 aliphatic heterocycles. The molecule has 3 nitrogen and oxygen atoms in total. The number of rotatable bonds is 3. The lowest BCUT2D eigenvalue weighted by Crippen LogP contribution is -2.14. The van der Waals surface area contributed by atoms with E-state index in [1.807, 2.05) is 42.5 Å². The molecule has 0 amide bonds. The number of aliphatic hydroxyl groups excluding tert-OH is 1. The summed E-state index contributed by atoms with van der Waals surface area (Å²) in [5.74, 6) is 0.293. The number of aliphatic hydroxyl groups is 1. The van der Waals surface area contributed by atoms with E-state index in [4.69, 9.17) is 0 Å². The maximum Gasteiger partial charge on any atom is 0.135 e. The van der Waals surface area contributed by atoms with Gasteiger partial charge in [-0.2, -0.15) is 0 Å². The van der Waals surface area contributed by atoms with Crippen LogP contribution in [0.4, 0.5) is 0 Å². The second kappa shape index (κ2) is 4.67. The highest BCUT2D eigenvalue weighted by Gasteiger charge is 2.28. The van der Waals surface area contributed by atoms with Gasteiger partial charge in [0.05, 0.1) is 5.69 Å². The lowest BCUT2D eigenvalue weighted by molar-refractivity contribution is -0.120. The Kier molecular flexibility index (Phi) is 2.99. The maximum atomic E-state index is 11.5. The second-order valence-electron chi connectivity index (χ2n) is 5.19. The molecule has 2 unspecified atom stereocenters. The van der Waals surface area contributed by atoms with Gasteiger partial charge >= 0.3 is 0 Å². The molecular formula is C16H17NO2. The number of carbonyl (C=O) groups excluding carboxylic acids is 1. The van der Waals surface area contributed by atoms with Crippen molar-refractivity contribution in [2.45, 2.75) is 26.0 Å². The minimum atomic E-state index is -0.624. The van der Waals surface area contributed by atoms with Crippen molar-refractivity contribution >= 4 is 5.78 Å². The van der Waals surface area contributed by atoms with Crippen LogP contribution >= 0.6 is 0 Å². The largest absolute Gasteiger partial charge is 0.382 e. The summed E-state index contributed by atoms with van der Waals surface area (Å²) in [6, 6.07) is 13.6. The lowest BCUT2D eigenvalue weighted by Gasteiger charge is -2.14. The summed E-state index contributed by atoms with van der Waals surface area (Å²) in [6.07, 6.45) is 0.164. The zero-order valence-corrected chi connectivity index (χ0v) is 10.9. The van der Waals surface area contributed by atoms with Crippen LogP contribution in [0.5, 0.6) is 0 Å². The van der Waals surface area contributed by atoms with Crippen LogP contribution < -0.4 is 0 Å². The molecule has 3 rings (SSSR count). The predicted molar refractivity (Wildman–Crippen MR) is 72.8 cm³/mol. The number of hydrogen-bond donors (Lipinski definition) is 1.